The van der Waals surface area contributed by atoms with Crippen LogP contribution in [0.5, 0.6) is 5.75 Å². The summed E-state index contributed by atoms with van der Waals surface area (Å²) in [6, 6.07) is 26.1. The number of methoxy groups -OCH3 is 1. The smallest absolute Gasteiger partial charge is 0.423 e. The summed E-state index contributed by atoms with van der Waals surface area (Å²) in [6.07, 6.45) is 2.35. The molecule has 2 heterocycles. The van der Waals surface area contributed by atoms with Crippen molar-refractivity contribution in [3.05, 3.63) is 106 Å². The van der Waals surface area contributed by atoms with Gasteiger partial charge in [-0.1, -0.05) is 109 Å². The summed E-state index contributed by atoms with van der Waals surface area (Å²) in [7, 11) is -1.76. The van der Waals surface area contributed by atoms with Crippen molar-refractivity contribution in [1.29, 1.82) is 0 Å². The van der Waals surface area contributed by atoms with E-state index in [1.165, 1.54) is 7.11 Å². The van der Waals surface area contributed by atoms with Crippen LogP contribution in [0, 0.1) is 17.8 Å². The number of likely N-dealkylation sites (tertiary alicyclic amines) is 1. The quantitative estimate of drug-likeness (QED) is 0.143. The largest absolute Gasteiger partial charge is 0.507 e. The zero-order valence-corrected chi connectivity index (χ0v) is 31.7. The van der Waals surface area contributed by atoms with Crippen molar-refractivity contribution in [3.63, 3.8) is 0 Å². The Hall–Kier alpha value is -3.83. The first-order valence-electron chi connectivity index (χ1n) is 17.1. The van der Waals surface area contributed by atoms with Gasteiger partial charge in [-0.25, -0.2) is 4.79 Å². The van der Waals surface area contributed by atoms with E-state index in [2.05, 4.69) is 61.0 Å². The fraction of sp³-hybridized carbons (Fsp3) is 0.375. The molecule has 6 rings (SSSR count). The first kappa shape index (κ1) is 36.0. The summed E-state index contributed by atoms with van der Waals surface area (Å²) < 4.78 is 19.6. The molecule has 3 aromatic carbocycles. The maximum atomic E-state index is 13.7. The number of amides is 3. The van der Waals surface area contributed by atoms with Gasteiger partial charge in [-0.3, -0.25) is 9.59 Å². The van der Waals surface area contributed by atoms with Crippen LogP contribution in [-0.4, -0.2) is 62.7 Å². The third-order valence-electron chi connectivity index (χ3n) is 10.4. The van der Waals surface area contributed by atoms with E-state index in [0.717, 1.165) is 37.1 Å². The fourth-order valence-corrected chi connectivity index (χ4v) is 13.1. The Balaban J connectivity index is 1.39. The van der Waals surface area contributed by atoms with Gasteiger partial charge in [-0.2, -0.15) is 4.90 Å². The van der Waals surface area contributed by atoms with Crippen molar-refractivity contribution in [2.45, 2.75) is 58.1 Å². The first-order valence-corrected chi connectivity index (χ1v) is 19.8. The van der Waals surface area contributed by atoms with Crippen LogP contribution in [-0.2, 0) is 23.5 Å². The maximum Gasteiger partial charge on any atom is 0.423 e. The van der Waals surface area contributed by atoms with Crippen LogP contribution in [0.4, 0.5) is 4.79 Å². The van der Waals surface area contributed by atoms with E-state index in [-0.39, 0.29) is 36.0 Å². The van der Waals surface area contributed by atoms with Gasteiger partial charge in [0.05, 0.1) is 38.3 Å². The number of rotatable bonds is 9. The lowest BCUT2D eigenvalue weighted by Gasteiger charge is -2.44. The molecule has 0 aromatic heterocycles. The highest BCUT2D eigenvalue weighted by atomic mass is 79.9. The summed E-state index contributed by atoms with van der Waals surface area (Å²) in [5.74, 6) is -2.60. The van der Waals surface area contributed by atoms with Crippen molar-refractivity contribution in [1.82, 2.24) is 4.90 Å². The molecule has 1 N–H and O–H groups in total. The molecule has 10 heteroatoms. The molecule has 1 aliphatic carbocycles. The second-order valence-corrected chi connectivity index (χ2v) is 19.7. The number of carbonyl (C=O) groups is 3. The highest BCUT2D eigenvalue weighted by Crippen LogP contribution is 2.50. The highest BCUT2D eigenvalue weighted by Gasteiger charge is 2.59. The standard InChI is InChI=1S/C40H44BrNO7Si/c1-25(20-26-21-28(41)17-18-33(26)43)16-19-34-35-27(22-31-36(32(35)24-48-34)38(45)42(37(31)44)39(46)47-5)23-49-50(40(2,3)4,29-12-8-6-9-13-29)30-14-10-7-11-15-30/h6-15,17-18,20-21,31-32,34,36,43H,16,19,22-24H2,1-5H3/b25-20+/t31-,32+,34-,36-/m1/s1. The predicted molar refractivity (Wildman–Crippen MR) is 198 cm³/mol. The van der Waals surface area contributed by atoms with Gasteiger partial charge in [-0.05, 0) is 70.9 Å². The molecule has 3 amide bonds. The highest BCUT2D eigenvalue weighted by molar-refractivity contribution is 9.10. The second-order valence-electron chi connectivity index (χ2n) is 14.5. The van der Waals surface area contributed by atoms with Gasteiger partial charge in [0.2, 0.25) is 11.8 Å². The lowest BCUT2D eigenvalue weighted by molar-refractivity contribution is -0.137. The van der Waals surface area contributed by atoms with Gasteiger partial charge in [0.15, 0.2) is 0 Å². The first-order chi connectivity index (χ1) is 23.9. The van der Waals surface area contributed by atoms with E-state index >= 15 is 0 Å². The van der Waals surface area contributed by atoms with Gasteiger partial charge < -0.3 is 19.0 Å². The van der Waals surface area contributed by atoms with Gasteiger partial charge in [0, 0.05) is 16.0 Å². The third kappa shape index (κ3) is 6.54. The maximum absolute atomic E-state index is 13.7. The van der Waals surface area contributed by atoms with Crippen molar-refractivity contribution >= 4 is 58.6 Å². The molecule has 3 aliphatic rings. The van der Waals surface area contributed by atoms with E-state index in [1.54, 1.807) is 12.1 Å². The Morgan fingerprint density at radius 1 is 1.00 bits per heavy atom. The Kier molecular flexibility index (Phi) is 10.4. The lowest BCUT2D eigenvalue weighted by Crippen LogP contribution is -2.66. The fourth-order valence-electron chi connectivity index (χ4n) is 8.17. The molecule has 2 aliphatic heterocycles. The molecule has 2 saturated heterocycles. The molecule has 50 heavy (non-hydrogen) atoms. The topological polar surface area (TPSA) is 102 Å². The van der Waals surface area contributed by atoms with E-state index in [9.17, 15) is 19.5 Å². The molecule has 262 valence electrons. The van der Waals surface area contributed by atoms with Crippen LogP contribution in [0.15, 0.2) is 100 Å². The minimum absolute atomic E-state index is 0.202. The number of ether oxygens (including phenoxy) is 2. The van der Waals surface area contributed by atoms with Gasteiger partial charge >= 0.3 is 6.09 Å². The third-order valence-corrected chi connectivity index (χ3v) is 15.9. The Labute approximate surface area is 303 Å². The average molecular weight is 759 g/mol. The van der Waals surface area contributed by atoms with Gasteiger partial charge in [0.1, 0.15) is 5.75 Å². The Morgan fingerprint density at radius 3 is 2.24 bits per heavy atom. The summed E-state index contributed by atoms with van der Waals surface area (Å²) in [5, 5.41) is 12.4. The van der Waals surface area contributed by atoms with Crippen molar-refractivity contribution < 1.29 is 33.4 Å². The summed E-state index contributed by atoms with van der Waals surface area (Å²) >= 11 is 3.48. The summed E-state index contributed by atoms with van der Waals surface area (Å²) in [6.45, 7) is 9.24. The number of nitrogens with zero attached hydrogens (tertiary/aromatic N) is 1. The number of halogens is 1. The number of fused-ring (bicyclic) bond motifs is 3. The molecule has 3 aromatic rings. The predicted octanol–water partition coefficient (Wildman–Crippen LogP) is 7.00. The van der Waals surface area contributed by atoms with Crippen molar-refractivity contribution in [2.24, 2.45) is 17.8 Å². The van der Waals surface area contributed by atoms with E-state index in [1.807, 2.05) is 55.5 Å². The number of phenolic OH excluding ortho intramolecular Hbond substituents is 1. The summed E-state index contributed by atoms with van der Waals surface area (Å²) in [4.78, 5) is 40.7. The average Bonchev–Trinajstić information content (AvgIpc) is 3.63. The van der Waals surface area contributed by atoms with Gasteiger partial charge in [0.25, 0.3) is 8.32 Å². The number of imide groups is 3. The SMILES string of the molecule is COC(=O)N1C(=O)[C@@H]2[C@@H](CC(CO[Si](c3ccccc3)(c3ccccc3)C(C)(C)C)=C3[C@@H](CC/C(C)=C/c4cc(Br)ccc4O)OC[C@@H]32)C1=O. The molecule has 0 saturated carbocycles. The summed E-state index contributed by atoms with van der Waals surface area (Å²) in [5.41, 5.74) is 3.76. The zero-order chi connectivity index (χ0) is 35.8. The molecular weight excluding hydrogens is 714 g/mol. The molecule has 8 nitrogen and oxygen atoms in total. The molecule has 4 atom stereocenters. The number of benzene rings is 3. The molecule has 2 fully saturated rings. The van der Waals surface area contributed by atoms with Crippen LogP contribution in [0.3, 0.4) is 0 Å². The molecule has 0 radical (unpaired) electrons. The van der Waals surface area contributed by atoms with Crippen LogP contribution in [0.25, 0.3) is 6.08 Å². The molecular formula is C40H44BrNO7Si. The number of aromatic hydroxyl groups is 1. The van der Waals surface area contributed by atoms with Crippen LogP contribution >= 0.6 is 15.9 Å². The van der Waals surface area contributed by atoms with Crippen LogP contribution < -0.4 is 10.4 Å². The van der Waals surface area contributed by atoms with Crippen molar-refractivity contribution in [3.8, 4) is 5.75 Å². The van der Waals surface area contributed by atoms with Crippen molar-refractivity contribution in [2.75, 3.05) is 20.3 Å². The van der Waals surface area contributed by atoms with E-state index in [0.29, 0.717) is 24.2 Å². The number of phenols is 1. The van der Waals surface area contributed by atoms with E-state index in [4.69, 9.17) is 13.9 Å². The van der Waals surface area contributed by atoms with Crippen LogP contribution in [0.2, 0.25) is 5.04 Å². The Bertz CT molecular complexity index is 1800. The number of allylic oxidation sites excluding steroid dienone is 1. The van der Waals surface area contributed by atoms with Crippen LogP contribution in [0.1, 0.15) is 52.5 Å². The number of hydrogen-bond acceptors (Lipinski definition) is 7. The normalized spacial score (nSPS) is 22.5. The molecule has 0 bridgehead atoms. The monoisotopic (exact) mass is 757 g/mol. The lowest BCUT2D eigenvalue weighted by atomic mass is 9.69. The minimum atomic E-state index is -2.94. The molecule has 0 spiro atoms. The number of hydrogen-bond donors (Lipinski definition) is 1. The zero-order valence-electron chi connectivity index (χ0n) is 29.1. The minimum Gasteiger partial charge on any atom is -0.507 e. The molecule has 0 unspecified atom stereocenters. The van der Waals surface area contributed by atoms with E-state index < -0.39 is 38.1 Å². The second kappa shape index (κ2) is 14.4. The Morgan fingerprint density at radius 2 is 1.64 bits per heavy atom. The van der Waals surface area contributed by atoms with Gasteiger partial charge in [-0.15, -0.1) is 0 Å². The number of carbonyl (C=O) groups excluding carboxylic acids is 3.